The van der Waals surface area contributed by atoms with E-state index in [0.717, 1.165) is 116 Å². The molecule has 5 aliphatic heterocycles. The molecule has 20 rings (SSSR count). The number of carbonyl (C=O) groups is 8. The maximum Gasteiger partial charge on any atom is 0.274 e. The van der Waals surface area contributed by atoms with Crippen LogP contribution in [0.2, 0.25) is 10.0 Å². The number of hydrogen-bond donors (Lipinski definition) is 5. The molecule has 5 N–H and O–H groups in total. The Morgan fingerprint density at radius 1 is 0.558 bits per heavy atom. The second-order valence-electron chi connectivity index (χ2n) is 38.9. The normalized spacial score (nSPS) is 16.2. The van der Waals surface area contributed by atoms with E-state index in [4.69, 9.17) is 37.4 Å². The van der Waals surface area contributed by atoms with Gasteiger partial charge in [0.05, 0.1) is 78.8 Å². The van der Waals surface area contributed by atoms with Gasteiger partial charge >= 0.3 is 0 Å². The summed E-state index contributed by atoms with van der Waals surface area (Å²) in [7, 11) is -2.98. The van der Waals surface area contributed by atoms with Crippen molar-refractivity contribution in [1.82, 2.24) is 19.4 Å². The fourth-order valence-corrected chi connectivity index (χ4v) is 21.9. The molecule has 0 unspecified atom stereocenters. The molecule has 1 saturated heterocycles. The van der Waals surface area contributed by atoms with Crippen LogP contribution < -0.4 is 39.7 Å². The van der Waals surface area contributed by atoms with Crippen molar-refractivity contribution in [2.45, 2.75) is 142 Å². The third kappa shape index (κ3) is 23.2. The topological polar surface area (TPSA) is 305 Å². The van der Waals surface area contributed by atoms with Gasteiger partial charge in [0.25, 0.3) is 51.4 Å². The minimum absolute atomic E-state index is 0.0247. The Balaban J connectivity index is 0.000000135. The van der Waals surface area contributed by atoms with Crippen LogP contribution in [0.25, 0.3) is 22.4 Å². The van der Waals surface area contributed by atoms with Crippen molar-refractivity contribution in [3.8, 4) is 28.1 Å². The van der Waals surface area contributed by atoms with Gasteiger partial charge in [0.2, 0.25) is 0 Å². The van der Waals surface area contributed by atoms with Crippen LogP contribution in [0.4, 0.5) is 44.2 Å². The fourth-order valence-electron chi connectivity index (χ4n) is 19.9. The molecule has 1 aliphatic carbocycles. The lowest BCUT2D eigenvalue weighted by Gasteiger charge is -2.36. The van der Waals surface area contributed by atoms with E-state index in [1.807, 2.05) is 205 Å². The number of aromatic nitrogens is 3. The predicted octanol–water partition coefficient (Wildman–Crippen LogP) is 23.1. The van der Waals surface area contributed by atoms with E-state index in [9.17, 15) is 56.3 Å². The second kappa shape index (κ2) is 45.0. The van der Waals surface area contributed by atoms with Crippen molar-refractivity contribution in [3.05, 3.63) is 390 Å². The van der Waals surface area contributed by atoms with Crippen molar-refractivity contribution in [1.29, 1.82) is 0 Å². The highest BCUT2D eigenvalue weighted by Gasteiger charge is 2.56. The molecule has 7 amide bonds. The minimum Gasteiger partial charge on any atom is -0.495 e. The Hall–Kier alpha value is -14.8. The smallest absolute Gasteiger partial charge is 0.274 e. The number of anilines is 7. The van der Waals surface area contributed by atoms with Crippen LogP contribution in [0.5, 0.6) is 5.75 Å². The molecule has 14 aromatic rings. The van der Waals surface area contributed by atoms with E-state index in [-0.39, 0.29) is 68.1 Å². The molecule has 25 nitrogen and oxygen atoms in total. The number of fused-ring (bicyclic) bond motifs is 8. The van der Waals surface area contributed by atoms with Crippen LogP contribution in [0.15, 0.2) is 284 Å². The summed E-state index contributed by atoms with van der Waals surface area (Å²) in [6.07, 6.45) is 5.98. The third-order valence-corrected chi connectivity index (χ3v) is 29.8. The first-order valence-corrected chi connectivity index (χ1v) is 51.4. The summed E-state index contributed by atoms with van der Waals surface area (Å²) < 4.78 is 62.3. The quantitative estimate of drug-likeness (QED) is 0.0470. The number of aliphatic hydroxyl groups is 1. The molecule has 147 heavy (non-hydrogen) atoms. The van der Waals surface area contributed by atoms with Gasteiger partial charge in [-0.3, -0.25) is 43.3 Å². The van der Waals surface area contributed by atoms with E-state index in [1.165, 1.54) is 43.5 Å². The van der Waals surface area contributed by atoms with E-state index >= 15 is 0 Å². The Morgan fingerprint density at radius 2 is 1.18 bits per heavy atom. The summed E-state index contributed by atoms with van der Waals surface area (Å²) in [6, 6.07) is 80.7. The first kappa shape index (κ1) is 104. The number of amides is 7. The van der Waals surface area contributed by atoms with Crippen molar-refractivity contribution in [3.63, 3.8) is 0 Å². The average molecular weight is 2030 g/mol. The number of aliphatic hydroxyl groups excluding tert-OH is 1. The number of rotatable bonds is 19. The van der Waals surface area contributed by atoms with Crippen LogP contribution >= 0.6 is 23.2 Å². The lowest BCUT2D eigenvalue weighted by atomic mass is 9.69. The molecule has 0 radical (unpaired) electrons. The fraction of sp³-hybridized carbons (Fsp3) is 0.263. The number of benzene rings is 12. The number of ether oxygens (including phenoxy) is 3. The van der Waals surface area contributed by atoms with Gasteiger partial charge in [-0.2, -0.15) is 0 Å². The number of aryl methyl sites for hydroxylation is 5. The molecule has 29 heteroatoms. The number of hydrogen-bond acceptors (Lipinski definition) is 16. The number of aromatic amines is 1. The molecule has 0 bridgehead atoms. The van der Waals surface area contributed by atoms with Gasteiger partial charge in [-0.25, -0.2) is 22.1 Å². The molecular formula is C118H116Cl2FN11O14S. The molecule has 1 saturated carbocycles. The number of halogens is 3. The van der Waals surface area contributed by atoms with Crippen LogP contribution in [-0.2, 0) is 49.2 Å². The van der Waals surface area contributed by atoms with Crippen molar-refractivity contribution in [2.75, 3.05) is 94.6 Å². The number of nitrogens with one attached hydrogen (secondary N) is 4. The van der Waals surface area contributed by atoms with Gasteiger partial charge in [0, 0.05) is 148 Å². The summed E-state index contributed by atoms with van der Waals surface area (Å²) in [6.45, 7) is 22.2. The van der Waals surface area contributed by atoms with E-state index < -0.39 is 39.2 Å². The SMILES string of the molecule is COc1cc(C(=O)CC(C)(C)C)ccc1S(=O)(=O)N1C(=O)C2(CCC(OCCN3CCOCC3)CC2)c2cc(C)ccc21.Cc1ccc(F)cc1C(=O)Nc1ccc(C(=O)N2Cc3cccn3Cc3ccccc32)c(Cl)c1.Cc1ccccc1C(=O)Nc1ccc(C(=O)N2CCC[C@@H](O)c3cc(Cl)ccc32)c(C)c1.Cc1nc2c([nH]1)CCN(C(=O)c1ccc(NC(=O)c3ccccc3-c3ccccc3)cc1)c1ccccc1-2. The summed E-state index contributed by atoms with van der Waals surface area (Å²) in [5.74, 6) is -1.41. The van der Waals surface area contributed by atoms with Crippen LogP contribution in [0.1, 0.15) is 200 Å². The average Bonchev–Trinajstić information content (AvgIpc) is 1.55. The van der Waals surface area contributed by atoms with Crippen molar-refractivity contribution >= 4 is 120 Å². The number of sulfonamides is 1. The number of ketones is 1. The highest BCUT2D eigenvalue weighted by atomic mass is 35.5. The zero-order valence-corrected chi connectivity index (χ0v) is 85.7. The number of para-hydroxylation sites is 2. The molecule has 12 aromatic carbocycles. The van der Waals surface area contributed by atoms with E-state index in [2.05, 4.69) is 35.4 Å². The third-order valence-electron chi connectivity index (χ3n) is 27.5. The Kier molecular flexibility index (Phi) is 31.7. The number of nitrogens with zero attached hydrogens (tertiary/aromatic N) is 7. The molecule has 754 valence electrons. The van der Waals surface area contributed by atoms with Crippen LogP contribution in [0.3, 0.4) is 0 Å². The molecule has 2 aromatic heterocycles. The molecule has 7 heterocycles. The highest BCUT2D eigenvalue weighted by Crippen LogP contribution is 2.54. The number of Topliss-reactive ketones (excluding diaryl/α,β-unsaturated/α-hetero) is 1. The largest absolute Gasteiger partial charge is 0.495 e. The van der Waals surface area contributed by atoms with Gasteiger partial charge in [-0.05, 0) is 269 Å². The van der Waals surface area contributed by atoms with E-state index in [0.29, 0.717) is 162 Å². The number of methoxy groups -OCH3 is 1. The molecule has 6 aliphatic rings. The Labute approximate surface area is 865 Å². The molecular weight excluding hydrogens is 1920 g/mol. The zero-order valence-electron chi connectivity index (χ0n) is 83.4. The summed E-state index contributed by atoms with van der Waals surface area (Å²) in [4.78, 5) is 122. The van der Waals surface area contributed by atoms with Gasteiger partial charge < -0.3 is 59.5 Å². The predicted molar refractivity (Wildman–Crippen MR) is 573 cm³/mol. The second-order valence-corrected chi connectivity index (χ2v) is 41.5. The first-order valence-electron chi connectivity index (χ1n) is 49.2. The maximum absolute atomic E-state index is 14.3. The maximum atomic E-state index is 14.3. The number of morpholine rings is 1. The monoisotopic (exact) mass is 2030 g/mol. The van der Waals surface area contributed by atoms with Gasteiger partial charge in [-0.15, -0.1) is 0 Å². The molecule has 2 fully saturated rings. The standard InChI is InChI=1S/C33H44N2O7S.C32H26N4O2.C27H21ClFN3O2.C26H25ClN2O3/c1-23-6-8-27-26(20-23)33(12-10-25(11-13-33)42-19-16-34-14-17-41-18-15-34)31(37)35(27)43(38,39)30-9-7-24(21-29(30)40-5)28(36)22-32(2,3)4;1-21-33-28-19-20-36(29-14-8-7-13-27(29)30(28)34-21)32(38)23-15-17-24(18-16-23)35-31(37)26-12-6-5-11-25(26)22-9-3-2-4-10-22;1-17-8-9-19(29)13-23(17)26(33)30-20-10-11-22(24(28)14-20)27(34)32-16-21-6-4-12-31(21)15-18-5-2-3-7-25(18)32;1-16-6-3-4-7-20(16)25(31)28-19-10-11-21(17(2)14-19)26(32)29-13-5-8-24(30)22-15-18(27)9-12-23(22)29/h6-9,20-21,25H,10-19,22H2,1-5H3;2-18H,19-20H2,1H3,(H,33,34)(H,35,37);2-14H,15-16H2,1H3,(H,30,33);3-4,6-7,9-12,14-15,24,30H,5,8,13H2,1-2H3,(H,28,31)/t;;;24-/m...1/s1. The van der Waals surface area contributed by atoms with E-state index in [1.54, 1.807) is 108 Å². The zero-order chi connectivity index (χ0) is 104. The van der Waals surface area contributed by atoms with Crippen molar-refractivity contribution < 1.29 is 70.5 Å². The van der Waals surface area contributed by atoms with Gasteiger partial charge in [0.15, 0.2) is 5.78 Å². The summed E-state index contributed by atoms with van der Waals surface area (Å²) >= 11 is 12.6. The van der Waals surface area contributed by atoms with Crippen molar-refractivity contribution in [2.24, 2.45) is 5.41 Å². The van der Waals surface area contributed by atoms with Gasteiger partial charge in [-0.1, -0.05) is 171 Å². The number of H-pyrrole nitrogens is 1. The van der Waals surface area contributed by atoms with Crippen LogP contribution in [-0.4, -0.2) is 146 Å². The summed E-state index contributed by atoms with van der Waals surface area (Å²) in [5.41, 5.74) is 18.0. The number of carbonyl (C=O) groups excluding carboxylic acids is 8. The van der Waals surface area contributed by atoms with Gasteiger partial charge in [0.1, 0.15) is 22.3 Å². The molecule has 1 spiro atoms. The van der Waals surface area contributed by atoms with Crippen LogP contribution in [0, 0.1) is 45.9 Å². The lowest BCUT2D eigenvalue weighted by Crippen LogP contribution is -2.46. The molecule has 1 atom stereocenters. The number of imidazole rings is 1. The minimum atomic E-state index is -4.35. The Morgan fingerprint density at radius 3 is 1.90 bits per heavy atom. The Bertz CT molecular complexity index is 7480. The first-order chi connectivity index (χ1) is 70.7. The lowest BCUT2D eigenvalue weighted by molar-refractivity contribution is -0.124. The highest BCUT2D eigenvalue weighted by molar-refractivity contribution is 7.93. The summed E-state index contributed by atoms with van der Waals surface area (Å²) in [5, 5.41) is 19.9.